The van der Waals surface area contributed by atoms with Crippen LogP contribution < -0.4 is 15.2 Å². The third kappa shape index (κ3) is 3.93. The van der Waals surface area contributed by atoms with E-state index in [1.54, 1.807) is 26.0 Å². The first kappa shape index (κ1) is 15.7. The Morgan fingerprint density at radius 2 is 1.76 bits per heavy atom. The number of nitrogens with two attached hydrogens (primary N) is 1. The van der Waals surface area contributed by atoms with Gasteiger partial charge in [-0.05, 0) is 25.1 Å². The van der Waals surface area contributed by atoms with E-state index in [0.717, 1.165) is 27.7 Å². The summed E-state index contributed by atoms with van der Waals surface area (Å²) in [6, 6.07) is 14.0. The Morgan fingerprint density at radius 1 is 1.05 bits per heavy atom. The third-order valence-electron chi connectivity index (χ3n) is 3.27. The minimum Gasteiger partial charge on any atom is -0.496 e. The highest BCUT2D eigenvalue weighted by Crippen LogP contribution is 2.33. The Bertz CT molecular complexity index is 601. The van der Waals surface area contributed by atoms with Crippen LogP contribution in [0.15, 0.2) is 47.4 Å². The molecule has 1 unspecified atom stereocenters. The Kier molecular flexibility index (Phi) is 5.53. The summed E-state index contributed by atoms with van der Waals surface area (Å²) in [5.74, 6) is 2.49. The van der Waals surface area contributed by atoms with Crippen LogP contribution in [-0.4, -0.2) is 20.0 Å². The van der Waals surface area contributed by atoms with Crippen LogP contribution in [0.3, 0.4) is 0 Å². The molecule has 2 aromatic carbocycles. The molecule has 2 aromatic rings. The topological polar surface area (TPSA) is 44.5 Å². The number of aryl methyl sites for hydroxylation is 1. The fraction of sp³-hybridized carbons (Fsp3) is 0.294. The fourth-order valence-corrected chi connectivity index (χ4v) is 3.16. The molecule has 0 amide bonds. The lowest BCUT2D eigenvalue weighted by atomic mass is 10.1. The largest absolute Gasteiger partial charge is 0.496 e. The Labute approximate surface area is 130 Å². The maximum Gasteiger partial charge on any atom is 0.132 e. The van der Waals surface area contributed by atoms with Gasteiger partial charge in [-0.25, -0.2) is 0 Å². The predicted octanol–water partition coefficient (Wildman–Crippen LogP) is 3.80. The van der Waals surface area contributed by atoms with E-state index in [2.05, 4.69) is 13.0 Å². The summed E-state index contributed by atoms with van der Waals surface area (Å²) in [7, 11) is 3.36. The number of benzene rings is 2. The van der Waals surface area contributed by atoms with Crippen LogP contribution in [0, 0.1) is 6.92 Å². The van der Waals surface area contributed by atoms with Crippen molar-refractivity contribution in [1.82, 2.24) is 0 Å². The smallest absolute Gasteiger partial charge is 0.132 e. The summed E-state index contributed by atoms with van der Waals surface area (Å²) in [6.07, 6.45) is 0. The van der Waals surface area contributed by atoms with Crippen LogP contribution in [0.4, 0.5) is 0 Å². The van der Waals surface area contributed by atoms with Gasteiger partial charge >= 0.3 is 0 Å². The second kappa shape index (κ2) is 7.38. The molecule has 112 valence electrons. The molecule has 3 nitrogen and oxygen atoms in total. The molecule has 0 spiro atoms. The van der Waals surface area contributed by atoms with E-state index in [9.17, 15) is 0 Å². The summed E-state index contributed by atoms with van der Waals surface area (Å²) in [5, 5.41) is 0. The molecule has 0 saturated heterocycles. The first-order valence-electron chi connectivity index (χ1n) is 6.81. The van der Waals surface area contributed by atoms with Gasteiger partial charge in [-0.15, -0.1) is 11.8 Å². The molecule has 0 bridgehead atoms. The van der Waals surface area contributed by atoms with Crippen molar-refractivity contribution < 1.29 is 9.47 Å². The van der Waals surface area contributed by atoms with Crippen LogP contribution in [0.2, 0.25) is 0 Å². The maximum atomic E-state index is 6.34. The normalized spacial score (nSPS) is 12.0. The monoisotopic (exact) mass is 303 g/mol. The maximum absolute atomic E-state index is 6.34. The SMILES string of the molecule is COc1ccccc1SCC(N)c1cc(C)ccc1OC. The number of thioether (sulfide) groups is 1. The van der Waals surface area contributed by atoms with Gasteiger partial charge in [0, 0.05) is 22.3 Å². The lowest BCUT2D eigenvalue weighted by Crippen LogP contribution is -2.14. The molecule has 2 N–H and O–H groups in total. The Hall–Kier alpha value is -1.65. The summed E-state index contributed by atoms with van der Waals surface area (Å²) in [6.45, 7) is 2.06. The number of ether oxygens (including phenoxy) is 2. The first-order chi connectivity index (χ1) is 10.2. The van der Waals surface area contributed by atoms with E-state index in [4.69, 9.17) is 15.2 Å². The third-order valence-corrected chi connectivity index (χ3v) is 4.45. The van der Waals surface area contributed by atoms with Crippen molar-refractivity contribution in [3.63, 3.8) is 0 Å². The zero-order chi connectivity index (χ0) is 15.2. The highest BCUT2D eigenvalue weighted by molar-refractivity contribution is 7.99. The lowest BCUT2D eigenvalue weighted by molar-refractivity contribution is 0.404. The van der Waals surface area contributed by atoms with Crippen molar-refractivity contribution in [2.24, 2.45) is 5.73 Å². The van der Waals surface area contributed by atoms with E-state index in [1.807, 2.05) is 36.4 Å². The van der Waals surface area contributed by atoms with Gasteiger partial charge in [-0.2, -0.15) is 0 Å². The summed E-state index contributed by atoms with van der Waals surface area (Å²) >= 11 is 1.69. The summed E-state index contributed by atoms with van der Waals surface area (Å²) < 4.78 is 10.8. The number of rotatable bonds is 6. The van der Waals surface area contributed by atoms with Crippen molar-refractivity contribution in [1.29, 1.82) is 0 Å². The number of methoxy groups -OCH3 is 2. The molecule has 0 aliphatic heterocycles. The highest BCUT2D eigenvalue weighted by Gasteiger charge is 2.13. The fourth-order valence-electron chi connectivity index (χ4n) is 2.15. The minimum absolute atomic E-state index is 0.0882. The molecule has 21 heavy (non-hydrogen) atoms. The van der Waals surface area contributed by atoms with Gasteiger partial charge in [-0.3, -0.25) is 0 Å². The zero-order valence-electron chi connectivity index (χ0n) is 12.6. The quantitative estimate of drug-likeness (QED) is 0.824. The minimum atomic E-state index is -0.0882. The average Bonchev–Trinajstić information content (AvgIpc) is 2.52. The summed E-state index contributed by atoms with van der Waals surface area (Å²) in [5.41, 5.74) is 8.56. The molecular weight excluding hydrogens is 282 g/mol. The van der Waals surface area contributed by atoms with E-state index < -0.39 is 0 Å². The Morgan fingerprint density at radius 3 is 2.48 bits per heavy atom. The van der Waals surface area contributed by atoms with Gasteiger partial charge < -0.3 is 15.2 Å². The number of hydrogen-bond acceptors (Lipinski definition) is 4. The summed E-state index contributed by atoms with van der Waals surface area (Å²) in [4.78, 5) is 1.10. The van der Waals surface area contributed by atoms with Crippen LogP contribution >= 0.6 is 11.8 Å². The van der Waals surface area contributed by atoms with E-state index in [1.165, 1.54) is 5.56 Å². The van der Waals surface area contributed by atoms with Crippen LogP contribution in [0.25, 0.3) is 0 Å². The number of hydrogen-bond donors (Lipinski definition) is 1. The van der Waals surface area contributed by atoms with E-state index in [0.29, 0.717) is 0 Å². The zero-order valence-corrected chi connectivity index (χ0v) is 13.4. The average molecular weight is 303 g/mol. The van der Waals surface area contributed by atoms with Gasteiger partial charge in [0.1, 0.15) is 11.5 Å². The van der Waals surface area contributed by atoms with Gasteiger partial charge in [0.25, 0.3) is 0 Å². The standard InChI is InChI=1S/C17H21NO2S/c1-12-8-9-15(19-2)13(10-12)14(18)11-21-17-7-5-4-6-16(17)20-3/h4-10,14H,11,18H2,1-3H3. The molecular formula is C17H21NO2S. The molecule has 0 saturated carbocycles. The van der Waals surface area contributed by atoms with Crippen LogP contribution in [-0.2, 0) is 0 Å². The second-order valence-corrected chi connectivity index (χ2v) is 5.88. The Balaban J connectivity index is 2.11. The van der Waals surface area contributed by atoms with Gasteiger partial charge in [0.15, 0.2) is 0 Å². The number of para-hydroxylation sites is 1. The molecule has 0 aliphatic carbocycles. The van der Waals surface area contributed by atoms with Gasteiger partial charge in [-0.1, -0.05) is 29.8 Å². The molecule has 0 fully saturated rings. The first-order valence-corrected chi connectivity index (χ1v) is 7.80. The molecule has 4 heteroatoms. The van der Waals surface area contributed by atoms with E-state index in [-0.39, 0.29) is 6.04 Å². The second-order valence-electron chi connectivity index (χ2n) is 4.81. The van der Waals surface area contributed by atoms with Gasteiger partial charge in [0.05, 0.1) is 14.2 Å². The van der Waals surface area contributed by atoms with Gasteiger partial charge in [0.2, 0.25) is 0 Å². The van der Waals surface area contributed by atoms with Crippen molar-refractivity contribution in [2.45, 2.75) is 17.9 Å². The van der Waals surface area contributed by atoms with Crippen molar-refractivity contribution in [2.75, 3.05) is 20.0 Å². The molecule has 0 aliphatic rings. The molecule has 0 aromatic heterocycles. The highest BCUT2D eigenvalue weighted by atomic mass is 32.2. The van der Waals surface area contributed by atoms with E-state index >= 15 is 0 Å². The van der Waals surface area contributed by atoms with Crippen LogP contribution in [0.5, 0.6) is 11.5 Å². The lowest BCUT2D eigenvalue weighted by Gasteiger charge is -2.17. The molecule has 0 heterocycles. The molecule has 1 atom stereocenters. The molecule has 2 rings (SSSR count). The van der Waals surface area contributed by atoms with Crippen molar-refractivity contribution in [3.8, 4) is 11.5 Å². The van der Waals surface area contributed by atoms with Crippen molar-refractivity contribution >= 4 is 11.8 Å². The van der Waals surface area contributed by atoms with Crippen molar-refractivity contribution in [3.05, 3.63) is 53.6 Å². The predicted molar refractivity (Wildman–Crippen MR) is 88.4 cm³/mol. The molecule has 0 radical (unpaired) electrons. The van der Waals surface area contributed by atoms with Crippen LogP contribution in [0.1, 0.15) is 17.2 Å².